The van der Waals surface area contributed by atoms with Crippen LogP contribution >= 0.6 is 0 Å². The summed E-state index contributed by atoms with van der Waals surface area (Å²) >= 11 is 0. The fourth-order valence-electron chi connectivity index (χ4n) is 1.36. The van der Waals surface area contributed by atoms with Crippen LogP contribution in [0.1, 0.15) is 18.9 Å². The fourth-order valence-corrected chi connectivity index (χ4v) is 1.36. The van der Waals surface area contributed by atoms with Crippen molar-refractivity contribution in [3.05, 3.63) is 23.8 Å². The molecule has 15 heavy (non-hydrogen) atoms. The highest BCUT2D eigenvalue weighted by atomic mass is 16.6. The second-order valence-electron chi connectivity index (χ2n) is 3.17. The summed E-state index contributed by atoms with van der Waals surface area (Å²) in [5, 5.41) is 17.5. The summed E-state index contributed by atoms with van der Waals surface area (Å²) in [4.78, 5) is 0. The van der Waals surface area contributed by atoms with Gasteiger partial charge in [0.25, 0.3) is 0 Å². The molecule has 5 heteroatoms. The molecule has 0 radical (unpaired) electrons. The highest BCUT2D eigenvalue weighted by molar-refractivity contribution is 6.33. The SMILES string of the molecule is CCCc1ccc(OC)cc1OB(O)O. The van der Waals surface area contributed by atoms with Crippen molar-refractivity contribution in [3.8, 4) is 11.5 Å². The number of rotatable bonds is 5. The predicted octanol–water partition coefficient (Wildman–Crippen LogP) is 0.996. The van der Waals surface area contributed by atoms with E-state index in [0.717, 1.165) is 18.4 Å². The number of aryl methyl sites for hydroxylation is 1. The molecule has 4 nitrogen and oxygen atoms in total. The minimum absolute atomic E-state index is 0.450. The Labute approximate surface area is 89.6 Å². The van der Waals surface area contributed by atoms with Crippen LogP contribution in [0.2, 0.25) is 0 Å². The first-order valence-electron chi connectivity index (χ1n) is 4.87. The lowest BCUT2D eigenvalue weighted by atomic mass is 10.1. The maximum absolute atomic E-state index is 8.75. The van der Waals surface area contributed by atoms with Crippen LogP contribution in [0.4, 0.5) is 0 Å². The van der Waals surface area contributed by atoms with Gasteiger partial charge in [-0.25, -0.2) is 0 Å². The summed E-state index contributed by atoms with van der Waals surface area (Å²) in [6.45, 7) is 2.05. The third-order valence-electron chi connectivity index (χ3n) is 2.03. The first-order chi connectivity index (χ1) is 7.17. The Morgan fingerprint density at radius 2 is 2.07 bits per heavy atom. The van der Waals surface area contributed by atoms with Crippen molar-refractivity contribution in [2.24, 2.45) is 0 Å². The van der Waals surface area contributed by atoms with E-state index >= 15 is 0 Å². The van der Waals surface area contributed by atoms with Crippen LogP contribution in [-0.4, -0.2) is 24.5 Å². The van der Waals surface area contributed by atoms with Crippen LogP contribution in [0, 0.1) is 0 Å². The van der Waals surface area contributed by atoms with Crippen LogP contribution in [0.3, 0.4) is 0 Å². The van der Waals surface area contributed by atoms with Gasteiger partial charge in [0.1, 0.15) is 11.5 Å². The van der Waals surface area contributed by atoms with Crippen LogP contribution in [0.15, 0.2) is 18.2 Å². The molecule has 0 fully saturated rings. The molecular weight excluding hydrogens is 195 g/mol. The van der Waals surface area contributed by atoms with E-state index in [2.05, 4.69) is 0 Å². The molecule has 0 unspecified atom stereocenters. The topological polar surface area (TPSA) is 58.9 Å². The van der Waals surface area contributed by atoms with Crippen molar-refractivity contribution in [3.63, 3.8) is 0 Å². The zero-order chi connectivity index (χ0) is 11.3. The zero-order valence-electron chi connectivity index (χ0n) is 8.93. The molecule has 0 aliphatic carbocycles. The van der Waals surface area contributed by atoms with Gasteiger partial charge in [-0.05, 0) is 18.1 Å². The summed E-state index contributed by atoms with van der Waals surface area (Å²) in [6.07, 6.45) is 1.79. The Morgan fingerprint density at radius 3 is 2.60 bits per heavy atom. The number of hydrogen-bond acceptors (Lipinski definition) is 4. The molecule has 0 saturated heterocycles. The van der Waals surface area contributed by atoms with Crippen LogP contribution in [0.5, 0.6) is 11.5 Å². The summed E-state index contributed by atoms with van der Waals surface area (Å²) < 4.78 is 9.90. The minimum atomic E-state index is -1.80. The van der Waals surface area contributed by atoms with Gasteiger partial charge in [0.15, 0.2) is 0 Å². The molecule has 82 valence electrons. The summed E-state index contributed by atoms with van der Waals surface area (Å²) in [5.74, 6) is 1.08. The Morgan fingerprint density at radius 1 is 1.33 bits per heavy atom. The average Bonchev–Trinajstić information content (AvgIpc) is 2.20. The fraction of sp³-hybridized carbons (Fsp3) is 0.400. The van der Waals surface area contributed by atoms with Crippen molar-refractivity contribution < 1.29 is 19.4 Å². The van der Waals surface area contributed by atoms with Gasteiger partial charge in [-0.3, -0.25) is 0 Å². The van der Waals surface area contributed by atoms with E-state index in [4.69, 9.17) is 19.4 Å². The van der Waals surface area contributed by atoms with Gasteiger partial charge in [0, 0.05) is 6.07 Å². The second-order valence-corrected chi connectivity index (χ2v) is 3.17. The van der Waals surface area contributed by atoms with Crippen molar-refractivity contribution in [1.82, 2.24) is 0 Å². The molecule has 0 amide bonds. The van der Waals surface area contributed by atoms with Gasteiger partial charge in [-0.2, -0.15) is 0 Å². The molecule has 0 atom stereocenters. The number of methoxy groups -OCH3 is 1. The van der Waals surface area contributed by atoms with Gasteiger partial charge in [-0.15, -0.1) is 0 Å². The Kier molecular flexibility index (Phi) is 4.46. The third-order valence-corrected chi connectivity index (χ3v) is 2.03. The summed E-state index contributed by atoms with van der Waals surface area (Å²) in [6, 6.07) is 5.33. The monoisotopic (exact) mass is 210 g/mol. The number of ether oxygens (including phenoxy) is 1. The van der Waals surface area contributed by atoms with E-state index in [1.165, 1.54) is 0 Å². The van der Waals surface area contributed by atoms with Crippen LogP contribution in [-0.2, 0) is 6.42 Å². The molecule has 1 rings (SSSR count). The molecule has 0 spiro atoms. The maximum atomic E-state index is 8.75. The van der Waals surface area contributed by atoms with Gasteiger partial charge in [0.05, 0.1) is 7.11 Å². The largest absolute Gasteiger partial charge is 0.707 e. The lowest BCUT2D eigenvalue weighted by Crippen LogP contribution is -2.21. The van der Waals surface area contributed by atoms with Crippen molar-refractivity contribution in [1.29, 1.82) is 0 Å². The minimum Gasteiger partial charge on any atom is -0.512 e. The maximum Gasteiger partial charge on any atom is 0.707 e. The first-order valence-corrected chi connectivity index (χ1v) is 4.87. The summed E-state index contributed by atoms with van der Waals surface area (Å²) in [5.41, 5.74) is 0.936. The van der Waals surface area contributed by atoms with Gasteiger partial charge < -0.3 is 19.4 Å². The van der Waals surface area contributed by atoms with E-state index in [-0.39, 0.29) is 0 Å². The number of hydrogen-bond donors (Lipinski definition) is 2. The smallest absolute Gasteiger partial charge is 0.512 e. The van der Waals surface area contributed by atoms with Gasteiger partial charge in [0.2, 0.25) is 0 Å². The molecule has 1 aromatic carbocycles. The lowest BCUT2D eigenvalue weighted by Gasteiger charge is -2.11. The van der Waals surface area contributed by atoms with Crippen LogP contribution < -0.4 is 9.39 Å². The molecule has 0 heterocycles. The zero-order valence-corrected chi connectivity index (χ0v) is 8.93. The standard InChI is InChI=1S/C10H15BO4/c1-3-4-8-5-6-9(14-2)7-10(8)15-11(12)13/h5-7,12-13H,3-4H2,1-2H3. The molecule has 1 aromatic rings. The third kappa shape index (κ3) is 3.45. The molecule has 0 saturated carbocycles. The van der Waals surface area contributed by atoms with Crippen molar-refractivity contribution in [2.45, 2.75) is 19.8 Å². The average molecular weight is 210 g/mol. The Bertz CT molecular complexity index is 314. The van der Waals surface area contributed by atoms with Crippen LogP contribution in [0.25, 0.3) is 0 Å². The molecular formula is C10H15BO4. The highest BCUT2D eigenvalue weighted by Crippen LogP contribution is 2.26. The highest BCUT2D eigenvalue weighted by Gasteiger charge is 2.14. The molecule has 0 aliphatic heterocycles. The van der Waals surface area contributed by atoms with E-state index in [1.807, 2.05) is 19.1 Å². The quantitative estimate of drug-likeness (QED) is 0.711. The molecule has 2 N–H and O–H groups in total. The first kappa shape index (κ1) is 11.9. The van der Waals surface area contributed by atoms with Crippen molar-refractivity contribution >= 4 is 7.32 Å². The van der Waals surface area contributed by atoms with Gasteiger partial charge in [-0.1, -0.05) is 19.4 Å². The van der Waals surface area contributed by atoms with E-state index in [1.54, 1.807) is 13.2 Å². The Balaban J connectivity index is 2.93. The Hall–Kier alpha value is -1.20. The molecule has 0 bridgehead atoms. The summed E-state index contributed by atoms with van der Waals surface area (Å²) in [7, 11) is -0.249. The van der Waals surface area contributed by atoms with Crippen molar-refractivity contribution in [2.75, 3.05) is 7.11 Å². The van der Waals surface area contributed by atoms with E-state index < -0.39 is 7.32 Å². The molecule has 0 aromatic heterocycles. The van der Waals surface area contributed by atoms with E-state index in [0.29, 0.717) is 11.5 Å². The normalized spacial score (nSPS) is 9.87. The van der Waals surface area contributed by atoms with E-state index in [9.17, 15) is 0 Å². The number of benzene rings is 1. The van der Waals surface area contributed by atoms with Gasteiger partial charge >= 0.3 is 7.32 Å². The second kappa shape index (κ2) is 5.63. The predicted molar refractivity (Wildman–Crippen MR) is 57.8 cm³/mol. The molecule has 0 aliphatic rings. The lowest BCUT2D eigenvalue weighted by molar-refractivity contribution is 0.286.